The Bertz CT molecular complexity index is 548. The van der Waals surface area contributed by atoms with Gasteiger partial charge >= 0.3 is 0 Å². The van der Waals surface area contributed by atoms with Crippen LogP contribution in [0.3, 0.4) is 0 Å². The zero-order chi connectivity index (χ0) is 16.0. The second-order valence-electron chi connectivity index (χ2n) is 8.52. The third-order valence-electron chi connectivity index (χ3n) is 8.07. The van der Waals surface area contributed by atoms with E-state index in [1.54, 1.807) is 0 Å². The van der Waals surface area contributed by atoms with Gasteiger partial charge in [0, 0.05) is 19.7 Å². The largest absolute Gasteiger partial charge is 0.301 e. The smallest absolute Gasteiger partial charge is 0.155 e. The van der Waals surface area contributed by atoms with Crippen LogP contribution in [0.15, 0.2) is 16.6 Å². The fraction of sp³-hybridized carbons (Fsp3) is 0.810. The van der Waals surface area contributed by atoms with Crippen molar-refractivity contribution in [3.8, 4) is 0 Å². The van der Waals surface area contributed by atoms with Gasteiger partial charge in [0.05, 0.1) is 0 Å². The molecule has 0 N–H and O–H groups in total. The normalized spacial score (nSPS) is 46.3. The van der Waals surface area contributed by atoms with Crippen LogP contribution in [0.2, 0.25) is 0 Å². The number of fused-ring (bicyclic) bond motifs is 5. The number of carbonyl (C=O) groups excluding carboxylic acids is 1. The number of ketones is 1. The second kappa shape index (κ2) is 5.86. The molecule has 0 heterocycles. The van der Waals surface area contributed by atoms with E-state index in [2.05, 4.69) is 18.1 Å². The average molecular weight is 313 g/mol. The fourth-order valence-corrected chi connectivity index (χ4v) is 7.14. The number of hydrogen-bond acceptors (Lipinski definition) is 2. The molecule has 126 valence electrons. The molecule has 0 spiro atoms. The molecule has 0 bridgehead atoms. The van der Waals surface area contributed by atoms with Gasteiger partial charge in [0.1, 0.15) is 0 Å². The first-order valence-electron chi connectivity index (χ1n) is 9.85. The van der Waals surface area contributed by atoms with E-state index in [-0.39, 0.29) is 0 Å². The Labute approximate surface area is 140 Å². The number of nitrogens with zero attached hydrogens (tertiary/aromatic N) is 1. The van der Waals surface area contributed by atoms with E-state index >= 15 is 0 Å². The summed E-state index contributed by atoms with van der Waals surface area (Å²) in [5.74, 6) is 4.52. The van der Waals surface area contributed by atoms with Gasteiger partial charge in [-0.2, -0.15) is 0 Å². The number of aliphatic imine (C=N–C) groups is 1. The number of carbonyl (C=O) groups is 1. The quantitative estimate of drug-likeness (QED) is 0.671. The highest BCUT2D eigenvalue weighted by Crippen LogP contribution is 2.64. The lowest BCUT2D eigenvalue weighted by molar-refractivity contribution is -0.116. The lowest BCUT2D eigenvalue weighted by Crippen LogP contribution is -2.47. The molecular formula is C21H31NO. The summed E-state index contributed by atoms with van der Waals surface area (Å²) in [4.78, 5) is 16.2. The lowest BCUT2D eigenvalue weighted by Gasteiger charge is -2.54. The highest BCUT2D eigenvalue weighted by molar-refractivity contribution is 5.91. The minimum Gasteiger partial charge on any atom is -0.301 e. The number of hydrogen-bond donors (Lipinski definition) is 0. The molecule has 0 amide bonds. The molecule has 0 aliphatic heterocycles. The first-order chi connectivity index (χ1) is 11.2. The van der Waals surface area contributed by atoms with Crippen LogP contribution in [0.25, 0.3) is 0 Å². The van der Waals surface area contributed by atoms with Crippen LogP contribution >= 0.6 is 0 Å². The first kappa shape index (κ1) is 15.6. The topological polar surface area (TPSA) is 29.4 Å². The predicted octanol–water partition coefficient (Wildman–Crippen LogP) is 4.84. The van der Waals surface area contributed by atoms with Gasteiger partial charge in [-0.1, -0.05) is 12.5 Å². The summed E-state index contributed by atoms with van der Waals surface area (Å²) in [5.41, 5.74) is 2.04. The Hall–Kier alpha value is -0.920. The zero-order valence-electron chi connectivity index (χ0n) is 14.8. The van der Waals surface area contributed by atoms with Crippen molar-refractivity contribution >= 4 is 12.0 Å². The summed E-state index contributed by atoms with van der Waals surface area (Å²) in [7, 11) is 1.94. The molecule has 0 aromatic heterocycles. The van der Waals surface area contributed by atoms with Crippen LogP contribution < -0.4 is 0 Å². The van der Waals surface area contributed by atoms with Crippen LogP contribution in [-0.2, 0) is 4.79 Å². The molecule has 6 atom stereocenters. The van der Waals surface area contributed by atoms with Crippen molar-refractivity contribution in [3.63, 3.8) is 0 Å². The van der Waals surface area contributed by atoms with E-state index in [1.165, 1.54) is 50.5 Å². The van der Waals surface area contributed by atoms with Crippen LogP contribution in [0.4, 0.5) is 0 Å². The van der Waals surface area contributed by atoms with Gasteiger partial charge in [-0.15, -0.1) is 0 Å². The molecular weight excluding hydrogens is 282 g/mol. The maximum absolute atomic E-state index is 11.8. The molecule has 4 rings (SSSR count). The second-order valence-corrected chi connectivity index (χ2v) is 8.52. The summed E-state index contributed by atoms with van der Waals surface area (Å²) in [6.45, 7) is 2.42. The maximum Gasteiger partial charge on any atom is 0.155 e. The molecule has 6 unspecified atom stereocenters. The Morgan fingerprint density at radius 3 is 2.83 bits per heavy atom. The van der Waals surface area contributed by atoms with E-state index in [0.717, 1.165) is 36.5 Å². The van der Waals surface area contributed by atoms with Gasteiger partial charge < -0.3 is 4.99 Å². The molecule has 0 aromatic rings. The Kier molecular flexibility index (Phi) is 3.98. The molecule has 4 aliphatic carbocycles. The van der Waals surface area contributed by atoms with Crippen molar-refractivity contribution in [2.75, 3.05) is 7.05 Å². The van der Waals surface area contributed by atoms with Crippen LogP contribution in [0, 0.1) is 35.0 Å². The van der Waals surface area contributed by atoms with Gasteiger partial charge in [0.25, 0.3) is 0 Å². The third kappa shape index (κ3) is 2.27. The minimum absolute atomic E-state index is 0.383. The highest BCUT2D eigenvalue weighted by Gasteiger charge is 2.57. The molecule has 3 saturated carbocycles. The molecule has 2 heteroatoms. The molecule has 0 radical (unpaired) electrons. The van der Waals surface area contributed by atoms with E-state index in [4.69, 9.17) is 0 Å². The predicted molar refractivity (Wildman–Crippen MR) is 94.6 cm³/mol. The van der Waals surface area contributed by atoms with Crippen LogP contribution in [0.5, 0.6) is 0 Å². The summed E-state index contributed by atoms with van der Waals surface area (Å²) < 4.78 is 0. The molecule has 4 aliphatic rings. The molecule has 23 heavy (non-hydrogen) atoms. The van der Waals surface area contributed by atoms with Gasteiger partial charge in [-0.3, -0.25) is 4.79 Å². The van der Waals surface area contributed by atoms with Crippen molar-refractivity contribution < 1.29 is 4.79 Å². The molecule has 0 aromatic carbocycles. The van der Waals surface area contributed by atoms with Crippen molar-refractivity contribution in [1.82, 2.24) is 0 Å². The summed E-state index contributed by atoms with van der Waals surface area (Å²) in [6.07, 6.45) is 15.6. The standard InChI is InChI=1S/C21H31NO/c1-3-21-11-10-18-17-8-6-16(23)12-14(17)4-7-19(18)20(21)9-5-15(21)13-22-2/h12-13,15,17-20H,3-11H2,1-2H3. The Balaban J connectivity index is 1.63. The SMILES string of the molecule is CCC12CCC3C4CCC(=O)C=C4CCC3C1CCC2C=NC. The van der Waals surface area contributed by atoms with Crippen LogP contribution in [0.1, 0.15) is 64.7 Å². The Morgan fingerprint density at radius 1 is 1.17 bits per heavy atom. The van der Waals surface area contributed by atoms with E-state index in [9.17, 15) is 4.79 Å². The Morgan fingerprint density at radius 2 is 2.04 bits per heavy atom. The minimum atomic E-state index is 0.383. The lowest BCUT2D eigenvalue weighted by atomic mass is 9.50. The fourth-order valence-electron chi connectivity index (χ4n) is 7.14. The molecule has 3 fully saturated rings. The summed E-state index contributed by atoms with van der Waals surface area (Å²) in [5, 5.41) is 0. The molecule has 0 saturated heterocycles. The van der Waals surface area contributed by atoms with Crippen molar-refractivity contribution in [3.05, 3.63) is 11.6 Å². The first-order valence-corrected chi connectivity index (χ1v) is 9.85. The number of rotatable bonds is 2. The number of allylic oxidation sites excluding steroid dienone is 1. The van der Waals surface area contributed by atoms with Crippen molar-refractivity contribution in [1.29, 1.82) is 0 Å². The van der Waals surface area contributed by atoms with Gasteiger partial charge in [0.15, 0.2) is 5.78 Å². The highest BCUT2D eigenvalue weighted by atomic mass is 16.1. The van der Waals surface area contributed by atoms with Gasteiger partial charge in [-0.05, 0) is 92.4 Å². The van der Waals surface area contributed by atoms with Gasteiger partial charge in [0.2, 0.25) is 0 Å². The average Bonchev–Trinajstić information content (AvgIpc) is 2.94. The monoisotopic (exact) mass is 313 g/mol. The van der Waals surface area contributed by atoms with Crippen molar-refractivity contribution in [2.24, 2.45) is 40.0 Å². The third-order valence-corrected chi connectivity index (χ3v) is 8.07. The maximum atomic E-state index is 11.8. The molecule has 2 nitrogen and oxygen atoms in total. The summed E-state index contributed by atoms with van der Waals surface area (Å²) >= 11 is 0. The van der Waals surface area contributed by atoms with Crippen molar-refractivity contribution in [2.45, 2.75) is 64.7 Å². The van der Waals surface area contributed by atoms with E-state index < -0.39 is 0 Å². The summed E-state index contributed by atoms with van der Waals surface area (Å²) in [6, 6.07) is 0. The van der Waals surface area contributed by atoms with Gasteiger partial charge in [-0.25, -0.2) is 0 Å². The zero-order valence-corrected chi connectivity index (χ0v) is 14.8. The van der Waals surface area contributed by atoms with E-state index in [1.807, 2.05) is 13.1 Å². The van der Waals surface area contributed by atoms with Crippen LogP contribution in [-0.4, -0.2) is 19.0 Å². The van der Waals surface area contributed by atoms with E-state index in [0.29, 0.717) is 17.1 Å².